The number of aromatic nitrogens is 1. The normalized spacial score (nSPS) is 22.5. The average molecular weight is 211 g/mol. The number of nitrogens with two attached hydrogens (primary N) is 1. The van der Waals surface area contributed by atoms with Crippen LogP contribution in [0.3, 0.4) is 0 Å². The third kappa shape index (κ3) is 1.82. The largest absolute Gasteiger partial charge is 0.319 e. The Balaban J connectivity index is 2.16. The number of thiazole rings is 1. The summed E-state index contributed by atoms with van der Waals surface area (Å²) in [6.07, 6.45) is 2.05. The maximum atomic E-state index is 6.38. The van der Waals surface area contributed by atoms with Crippen molar-refractivity contribution in [2.75, 3.05) is 20.1 Å². The molecule has 1 aromatic rings. The van der Waals surface area contributed by atoms with Crippen molar-refractivity contribution < 1.29 is 0 Å². The van der Waals surface area contributed by atoms with Crippen molar-refractivity contribution in [1.82, 2.24) is 9.88 Å². The summed E-state index contributed by atoms with van der Waals surface area (Å²) in [5, 5.41) is 3.20. The van der Waals surface area contributed by atoms with E-state index in [0.29, 0.717) is 0 Å². The number of aryl methyl sites for hydroxylation is 1. The van der Waals surface area contributed by atoms with Crippen molar-refractivity contribution in [2.45, 2.75) is 25.3 Å². The average Bonchev–Trinajstić information content (AvgIpc) is 2.58. The highest BCUT2D eigenvalue weighted by molar-refractivity contribution is 7.09. The van der Waals surface area contributed by atoms with E-state index in [1.54, 1.807) is 11.3 Å². The SMILES string of the molecule is Cc1csc(C2(N)CCN(C)CC2)n1. The molecule has 78 valence electrons. The van der Waals surface area contributed by atoms with Crippen molar-refractivity contribution in [3.63, 3.8) is 0 Å². The van der Waals surface area contributed by atoms with Crippen LogP contribution in [0.2, 0.25) is 0 Å². The molecule has 2 rings (SSSR count). The molecule has 0 unspecified atom stereocenters. The number of piperidine rings is 1. The molecule has 4 heteroatoms. The summed E-state index contributed by atoms with van der Waals surface area (Å²) < 4.78 is 0. The summed E-state index contributed by atoms with van der Waals surface area (Å²) in [6.45, 7) is 4.18. The lowest BCUT2D eigenvalue weighted by molar-refractivity contribution is 0.191. The lowest BCUT2D eigenvalue weighted by Gasteiger charge is -2.36. The van der Waals surface area contributed by atoms with E-state index in [1.807, 2.05) is 6.92 Å². The molecule has 0 aliphatic carbocycles. The minimum atomic E-state index is -0.161. The number of hydrogen-bond acceptors (Lipinski definition) is 4. The highest BCUT2D eigenvalue weighted by Gasteiger charge is 2.33. The zero-order valence-electron chi connectivity index (χ0n) is 8.79. The van der Waals surface area contributed by atoms with Gasteiger partial charge in [0.15, 0.2) is 0 Å². The van der Waals surface area contributed by atoms with Crippen LogP contribution in [-0.4, -0.2) is 30.0 Å². The maximum Gasteiger partial charge on any atom is 0.113 e. The first-order chi connectivity index (χ1) is 6.60. The highest BCUT2D eigenvalue weighted by Crippen LogP contribution is 2.31. The van der Waals surface area contributed by atoms with Gasteiger partial charge in [-0.15, -0.1) is 11.3 Å². The number of likely N-dealkylation sites (tertiary alicyclic amines) is 1. The summed E-state index contributed by atoms with van der Waals surface area (Å²) >= 11 is 1.70. The standard InChI is InChI=1S/C10H17N3S/c1-8-7-14-9(12-8)10(11)3-5-13(2)6-4-10/h7H,3-6,11H2,1-2H3. The van der Waals surface area contributed by atoms with E-state index >= 15 is 0 Å². The van der Waals surface area contributed by atoms with Gasteiger partial charge in [0.05, 0.1) is 5.54 Å². The monoisotopic (exact) mass is 211 g/mol. The smallest absolute Gasteiger partial charge is 0.113 e. The second-order valence-corrected chi connectivity index (χ2v) is 5.11. The molecule has 1 aromatic heterocycles. The Kier molecular flexibility index (Phi) is 2.60. The minimum absolute atomic E-state index is 0.161. The number of rotatable bonds is 1. The topological polar surface area (TPSA) is 42.1 Å². The zero-order valence-corrected chi connectivity index (χ0v) is 9.60. The second-order valence-electron chi connectivity index (χ2n) is 4.25. The van der Waals surface area contributed by atoms with Gasteiger partial charge in [-0.1, -0.05) is 0 Å². The predicted molar refractivity (Wildman–Crippen MR) is 59.4 cm³/mol. The van der Waals surface area contributed by atoms with Gasteiger partial charge in [-0.2, -0.15) is 0 Å². The lowest BCUT2D eigenvalue weighted by atomic mass is 9.89. The molecule has 0 atom stereocenters. The molecule has 0 saturated carbocycles. The van der Waals surface area contributed by atoms with Gasteiger partial charge in [0, 0.05) is 11.1 Å². The highest BCUT2D eigenvalue weighted by atomic mass is 32.1. The second kappa shape index (κ2) is 3.61. The molecule has 1 saturated heterocycles. The Morgan fingerprint density at radius 1 is 1.50 bits per heavy atom. The number of nitrogens with zero attached hydrogens (tertiary/aromatic N) is 2. The molecule has 1 aliphatic rings. The molecule has 1 fully saturated rings. The Hall–Kier alpha value is -0.450. The van der Waals surface area contributed by atoms with Gasteiger partial charge in [0.25, 0.3) is 0 Å². The van der Waals surface area contributed by atoms with Gasteiger partial charge in [0.2, 0.25) is 0 Å². The van der Waals surface area contributed by atoms with E-state index in [2.05, 4.69) is 22.3 Å². The molecule has 2 heterocycles. The molecule has 2 N–H and O–H groups in total. The quantitative estimate of drug-likeness (QED) is 0.762. The molecule has 0 spiro atoms. The third-order valence-electron chi connectivity index (χ3n) is 2.92. The van der Waals surface area contributed by atoms with E-state index in [-0.39, 0.29) is 5.54 Å². The van der Waals surface area contributed by atoms with Crippen LogP contribution in [0.25, 0.3) is 0 Å². The van der Waals surface area contributed by atoms with Gasteiger partial charge in [-0.25, -0.2) is 4.98 Å². The van der Waals surface area contributed by atoms with Crippen molar-refractivity contribution in [1.29, 1.82) is 0 Å². The van der Waals surface area contributed by atoms with Crippen molar-refractivity contribution in [3.8, 4) is 0 Å². The third-order valence-corrected chi connectivity index (χ3v) is 4.10. The summed E-state index contributed by atoms with van der Waals surface area (Å²) in [5.41, 5.74) is 7.31. The fourth-order valence-corrected chi connectivity index (χ4v) is 2.78. The van der Waals surface area contributed by atoms with E-state index < -0.39 is 0 Å². The van der Waals surface area contributed by atoms with Crippen LogP contribution >= 0.6 is 11.3 Å². The molecular formula is C10H17N3S. The van der Waals surface area contributed by atoms with E-state index in [0.717, 1.165) is 36.6 Å². The molecule has 1 aliphatic heterocycles. The lowest BCUT2D eigenvalue weighted by Crippen LogP contribution is -2.46. The Bertz CT molecular complexity index is 313. The van der Waals surface area contributed by atoms with E-state index in [9.17, 15) is 0 Å². The van der Waals surface area contributed by atoms with Gasteiger partial charge in [0.1, 0.15) is 5.01 Å². The van der Waals surface area contributed by atoms with Gasteiger partial charge in [-0.3, -0.25) is 0 Å². The zero-order chi connectivity index (χ0) is 10.2. The van der Waals surface area contributed by atoms with Crippen LogP contribution in [0, 0.1) is 6.92 Å². The Morgan fingerprint density at radius 2 is 2.14 bits per heavy atom. The van der Waals surface area contributed by atoms with Crippen LogP contribution in [-0.2, 0) is 5.54 Å². The van der Waals surface area contributed by atoms with Crippen molar-refractivity contribution in [2.24, 2.45) is 5.73 Å². The minimum Gasteiger partial charge on any atom is -0.319 e. The fourth-order valence-electron chi connectivity index (χ4n) is 1.81. The van der Waals surface area contributed by atoms with Crippen LogP contribution < -0.4 is 5.73 Å². The van der Waals surface area contributed by atoms with Crippen LogP contribution in [0.1, 0.15) is 23.5 Å². The molecule has 0 bridgehead atoms. The van der Waals surface area contributed by atoms with E-state index in [4.69, 9.17) is 5.73 Å². The number of hydrogen-bond donors (Lipinski definition) is 1. The Morgan fingerprint density at radius 3 is 2.64 bits per heavy atom. The molecule has 0 amide bonds. The van der Waals surface area contributed by atoms with Crippen molar-refractivity contribution in [3.05, 3.63) is 16.1 Å². The molecule has 3 nitrogen and oxygen atoms in total. The molecule has 14 heavy (non-hydrogen) atoms. The summed E-state index contributed by atoms with van der Waals surface area (Å²) in [5.74, 6) is 0. The molecule has 0 radical (unpaired) electrons. The first-order valence-corrected chi connectivity index (χ1v) is 5.88. The first-order valence-electron chi connectivity index (χ1n) is 5.00. The predicted octanol–water partition coefficient (Wildman–Crippen LogP) is 1.33. The van der Waals surface area contributed by atoms with Gasteiger partial charge < -0.3 is 10.6 Å². The maximum absolute atomic E-state index is 6.38. The van der Waals surface area contributed by atoms with Crippen LogP contribution in [0.15, 0.2) is 5.38 Å². The van der Waals surface area contributed by atoms with Gasteiger partial charge >= 0.3 is 0 Å². The fraction of sp³-hybridized carbons (Fsp3) is 0.700. The van der Waals surface area contributed by atoms with Crippen molar-refractivity contribution >= 4 is 11.3 Å². The van der Waals surface area contributed by atoms with Gasteiger partial charge in [-0.05, 0) is 39.9 Å². The van der Waals surface area contributed by atoms with Crippen LogP contribution in [0.5, 0.6) is 0 Å². The van der Waals surface area contributed by atoms with E-state index in [1.165, 1.54) is 0 Å². The molecule has 0 aromatic carbocycles. The first kappa shape index (κ1) is 10.1. The Labute approximate surface area is 88.9 Å². The molecular weight excluding hydrogens is 194 g/mol. The summed E-state index contributed by atoms with van der Waals surface area (Å²) in [6, 6.07) is 0. The summed E-state index contributed by atoms with van der Waals surface area (Å²) in [7, 11) is 2.15. The summed E-state index contributed by atoms with van der Waals surface area (Å²) in [4.78, 5) is 6.83. The van der Waals surface area contributed by atoms with Crippen LogP contribution in [0.4, 0.5) is 0 Å².